The second-order valence-corrected chi connectivity index (χ2v) is 9.11. The van der Waals surface area contributed by atoms with Crippen LogP contribution >= 0.6 is 0 Å². The van der Waals surface area contributed by atoms with Crippen LogP contribution in [0.4, 0.5) is 0 Å². The minimum Gasteiger partial charge on any atom is -0.480 e. The number of nitrogens with one attached hydrogen (secondary N) is 4. The van der Waals surface area contributed by atoms with Gasteiger partial charge in [0.05, 0.1) is 12.4 Å². The highest BCUT2D eigenvalue weighted by atomic mass is 16.4. The summed E-state index contributed by atoms with van der Waals surface area (Å²) in [6.07, 6.45) is 1.96. The second-order valence-electron chi connectivity index (χ2n) is 9.11. The van der Waals surface area contributed by atoms with Crippen molar-refractivity contribution in [2.45, 2.75) is 62.7 Å². The van der Waals surface area contributed by atoms with Crippen LogP contribution in [0.1, 0.15) is 36.9 Å². The van der Waals surface area contributed by atoms with Gasteiger partial charge in [-0.3, -0.25) is 24.0 Å². The van der Waals surface area contributed by atoms with E-state index in [0.717, 1.165) is 0 Å². The van der Waals surface area contributed by atoms with Gasteiger partial charge in [-0.2, -0.15) is 0 Å². The van der Waals surface area contributed by atoms with Crippen molar-refractivity contribution >= 4 is 35.5 Å². The first-order valence-electron chi connectivity index (χ1n) is 12.4. The minimum absolute atomic E-state index is 0.0374. The highest BCUT2D eigenvalue weighted by Crippen LogP contribution is 2.08. The number of rotatable bonds is 17. The van der Waals surface area contributed by atoms with Crippen LogP contribution < -0.4 is 33.2 Å². The molecule has 15 heteroatoms. The van der Waals surface area contributed by atoms with E-state index in [-0.39, 0.29) is 38.5 Å². The monoisotopic (exact) mass is 558 g/mol. The normalized spacial score (nSPS) is 13.7. The molecule has 0 aliphatic heterocycles. The van der Waals surface area contributed by atoms with Gasteiger partial charge in [-0.15, -0.1) is 0 Å². The van der Waals surface area contributed by atoms with Crippen molar-refractivity contribution in [3.8, 4) is 0 Å². The number of nitrogens with zero attached hydrogens (tertiary/aromatic N) is 1. The summed E-state index contributed by atoms with van der Waals surface area (Å²) in [6, 6.07) is 3.68. The number of hydrogen-bond donors (Lipinski definition) is 8. The number of aromatic amines is 1. The van der Waals surface area contributed by atoms with Gasteiger partial charge >= 0.3 is 5.97 Å². The summed E-state index contributed by atoms with van der Waals surface area (Å²) in [5.74, 6) is -5.28. The molecule has 0 fully saturated rings. The number of carboxylic acids is 1. The summed E-state index contributed by atoms with van der Waals surface area (Å²) in [7, 11) is 0. The van der Waals surface area contributed by atoms with Gasteiger partial charge in [-0.1, -0.05) is 30.3 Å². The number of aliphatic carboxylic acids is 1. The Kier molecular flexibility index (Phi) is 12.2. The molecule has 40 heavy (non-hydrogen) atoms. The predicted octanol–water partition coefficient (Wildman–Crippen LogP) is -2.41. The molecule has 0 aliphatic rings. The van der Waals surface area contributed by atoms with Crippen molar-refractivity contribution in [2.75, 3.05) is 0 Å². The quantitative estimate of drug-likeness (QED) is 0.103. The van der Waals surface area contributed by atoms with E-state index in [1.165, 1.54) is 12.5 Å². The number of aromatic nitrogens is 2. The summed E-state index contributed by atoms with van der Waals surface area (Å²) >= 11 is 0. The maximum absolute atomic E-state index is 13.4. The molecule has 5 amide bonds. The summed E-state index contributed by atoms with van der Waals surface area (Å²) in [5.41, 5.74) is 17.6. The number of amides is 5. The number of hydrogen-bond acceptors (Lipinski definition) is 8. The van der Waals surface area contributed by atoms with Crippen LogP contribution in [-0.2, 0) is 41.6 Å². The standard InChI is InChI=1S/C25H34N8O7/c26-16(11-15-12-29-13-30-15)22(36)33-19(10-14-4-2-1-3-5-14)24(38)31-17(6-8-20(27)34)23(37)32-18(25(39)40)7-9-21(28)35/h1-5,12-13,16-19H,6-11,26H2,(H2,27,34)(H2,28,35)(H,29,30)(H,31,38)(H,32,37)(H,33,36)(H,39,40). The number of imidazole rings is 1. The van der Waals surface area contributed by atoms with Gasteiger partial charge in [0.1, 0.15) is 18.1 Å². The Morgan fingerprint density at radius 2 is 1.35 bits per heavy atom. The van der Waals surface area contributed by atoms with E-state index in [1.807, 2.05) is 0 Å². The van der Waals surface area contributed by atoms with Gasteiger partial charge in [0.2, 0.25) is 29.5 Å². The first-order valence-corrected chi connectivity index (χ1v) is 12.4. The summed E-state index contributed by atoms with van der Waals surface area (Å²) in [5, 5.41) is 16.7. The average Bonchev–Trinajstić information content (AvgIpc) is 3.41. The van der Waals surface area contributed by atoms with E-state index in [2.05, 4.69) is 25.9 Å². The zero-order valence-electron chi connectivity index (χ0n) is 21.7. The van der Waals surface area contributed by atoms with E-state index in [1.54, 1.807) is 30.3 Å². The summed E-state index contributed by atoms with van der Waals surface area (Å²) < 4.78 is 0. The number of nitrogens with two attached hydrogens (primary N) is 3. The third kappa shape index (κ3) is 10.9. The molecule has 0 saturated heterocycles. The van der Waals surface area contributed by atoms with Gasteiger partial charge in [-0.05, 0) is 18.4 Å². The van der Waals surface area contributed by atoms with Crippen LogP contribution in [0.3, 0.4) is 0 Å². The third-order valence-electron chi connectivity index (χ3n) is 5.85. The number of H-pyrrole nitrogens is 1. The minimum atomic E-state index is -1.48. The lowest BCUT2D eigenvalue weighted by atomic mass is 10.0. The number of carbonyl (C=O) groups excluding carboxylic acids is 5. The highest BCUT2D eigenvalue weighted by Gasteiger charge is 2.31. The molecule has 216 valence electrons. The van der Waals surface area contributed by atoms with Gasteiger partial charge in [0.15, 0.2) is 0 Å². The van der Waals surface area contributed by atoms with Crippen LogP contribution in [0, 0.1) is 0 Å². The van der Waals surface area contributed by atoms with Crippen LogP contribution in [-0.4, -0.2) is 74.7 Å². The maximum Gasteiger partial charge on any atom is 0.326 e. The Hall–Kier alpha value is -4.79. The molecule has 4 unspecified atom stereocenters. The molecule has 2 aromatic rings. The molecule has 0 aliphatic carbocycles. The number of primary amides is 2. The molecule has 4 atom stereocenters. The Balaban J connectivity index is 2.21. The van der Waals surface area contributed by atoms with Crippen molar-refractivity contribution in [1.29, 1.82) is 0 Å². The SMILES string of the molecule is NC(=O)CCC(NC(=O)C(CCC(N)=O)NC(=O)C(Cc1ccccc1)NC(=O)C(N)Cc1cnc[nH]1)C(=O)O. The van der Waals surface area contributed by atoms with Crippen molar-refractivity contribution in [1.82, 2.24) is 25.9 Å². The lowest BCUT2D eigenvalue weighted by Crippen LogP contribution is -2.58. The van der Waals surface area contributed by atoms with Crippen LogP contribution in [0.25, 0.3) is 0 Å². The smallest absolute Gasteiger partial charge is 0.326 e. The van der Waals surface area contributed by atoms with Crippen molar-refractivity contribution in [3.63, 3.8) is 0 Å². The summed E-state index contributed by atoms with van der Waals surface area (Å²) in [6.45, 7) is 0. The first kappa shape index (κ1) is 31.4. The predicted molar refractivity (Wildman–Crippen MR) is 141 cm³/mol. The Labute approximate surface area is 229 Å². The van der Waals surface area contributed by atoms with Gasteiger partial charge in [0.25, 0.3) is 0 Å². The number of benzene rings is 1. The van der Waals surface area contributed by atoms with E-state index >= 15 is 0 Å². The molecule has 0 saturated carbocycles. The van der Waals surface area contributed by atoms with E-state index in [4.69, 9.17) is 17.2 Å². The Morgan fingerprint density at radius 3 is 1.90 bits per heavy atom. The Morgan fingerprint density at radius 1 is 0.800 bits per heavy atom. The van der Waals surface area contributed by atoms with Gasteiger partial charge in [0, 0.05) is 37.6 Å². The molecular weight excluding hydrogens is 524 g/mol. The van der Waals surface area contributed by atoms with E-state index < -0.39 is 59.7 Å². The zero-order valence-corrected chi connectivity index (χ0v) is 21.7. The molecule has 0 bridgehead atoms. The topological polar surface area (TPSA) is 265 Å². The van der Waals surface area contributed by atoms with E-state index in [0.29, 0.717) is 11.3 Å². The Bertz CT molecular complexity index is 1170. The second kappa shape index (κ2) is 15.6. The van der Waals surface area contributed by atoms with Gasteiger partial charge in [-0.25, -0.2) is 9.78 Å². The zero-order chi connectivity index (χ0) is 29.7. The average molecular weight is 559 g/mol. The van der Waals surface area contributed by atoms with E-state index in [9.17, 15) is 33.9 Å². The lowest BCUT2D eigenvalue weighted by molar-refractivity contribution is -0.142. The molecule has 1 aromatic heterocycles. The molecule has 1 aromatic carbocycles. The highest BCUT2D eigenvalue weighted by molar-refractivity contribution is 5.94. The van der Waals surface area contributed by atoms with Crippen molar-refractivity contribution in [2.24, 2.45) is 17.2 Å². The molecule has 15 nitrogen and oxygen atoms in total. The fraction of sp³-hybridized carbons (Fsp3) is 0.400. The van der Waals surface area contributed by atoms with Crippen molar-refractivity contribution < 1.29 is 33.9 Å². The van der Waals surface area contributed by atoms with Crippen LogP contribution in [0.15, 0.2) is 42.9 Å². The van der Waals surface area contributed by atoms with Crippen LogP contribution in [0.2, 0.25) is 0 Å². The molecule has 1 heterocycles. The maximum atomic E-state index is 13.4. The summed E-state index contributed by atoms with van der Waals surface area (Å²) in [4.78, 5) is 80.0. The largest absolute Gasteiger partial charge is 0.480 e. The molecule has 2 rings (SSSR count). The first-order chi connectivity index (χ1) is 19.0. The fourth-order valence-electron chi connectivity index (χ4n) is 3.71. The fourth-order valence-corrected chi connectivity index (χ4v) is 3.71. The van der Waals surface area contributed by atoms with Gasteiger partial charge < -0.3 is 43.2 Å². The number of carboxylic acid groups (broad SMARTS) is 1. The third-order valence-corrected chi connectivity index (χ3v) is 5.85. The molecule has 0 radical (unpaired) electrons. The molecular formula is C25H34N8O7. The molecule has 11 N–H and O–H groups in total. The molecule has 0 spiro atoms. The van der Waals surface area contributed by atoms with Crippen LogP contribution in [0.5, 0.6) is 0 Å². The number of carbonyl (C=O) groups is 6. The van der Waals surface area contributed by atoms with Crippen molar-refractivity contribution in [3.05, 3.63) is 54.1 Å². The lowest BCUT2D eigenvalue weighted by Gasteiger charge is -2.25.